The van der Waals surface area contributed by atoms with Crippen molar-refractivity contribution in [3.63, 3.8) is 0 Å². The van der Waals surface area contributed by atoms with Gasteiger partial charge in [-0.2, -0.15) is 0 Å². The summed E-state index contributed by atoms with van der Waals surface area (Å²) in [7, 11) is 0. The van der Waals surface area contributed by atoms with Crippen molar-refractivity contribution < 1.29 is 14.3 Å². The number of rotatable bonds is 4. The Labute approximate surface area is 145 Å². The fraction of sp³-hybridized carbons (Fsp3) is 0.263. The minimum Gasteiger partial charge on any atom is -0.463 e. The molecule has 3 N–H and O–H groups in total. The van der Waals surface area contributed by atoms with Gasteiger partial charge in [-0.15, -0.1) is 0 Å². The van der Waals surface area contributed by atoms with E-state index >= 15 is 0 Å². The molecule has 1 unspecified atom stereocenters. The van der Waals surface area contributed by atoms with Crippen molar-refractivity contribution in [3.8, 4) is 0 Å². The van der Waals surface area contributed by atoms with E-state index in [2.05, 4.69) is 15.6 Å². The van der Waals surface area contributed by atoms with Crippen molar-refractivity contribution in [2.24, 2.45) is 0 Å². The summed E-state index contributed by atoms with van der Waals surface area (Å²) in [6, 6.07) is 10.7. The van der Waals surface area contributed by atoms with Crippen molar-refractivity contribution in [2.45, 2.75) is 26.4 Å². The number of amides is 2. The van der Waals surface area contributed by atoms with Crippen LogP contribution in [0.2, 0.25) is 0 Å². The number of hydrogen-bond donors (Lipinski definition) is 3. The summed E-state index contributed by atoms with van der Waals surface area (Å²) in [5.74, 6) is 1.12. The summed E-state index contributed by atoms with van der Waals surface area (Å²) >= 11 is 0. The second kappa shape index (κ2) is 6.57. The maximum absolute atomic E-state index is 12.3. The van der Waals surface area contributed by atoms with Gasteiger partial charge < -0.3 is 20.2 Å². The highest BCUT2D eigenvalue weighted by atomic mass is 16.4. The molecule has 6 heteroatoms. The quantitative estimate of drug-likeness (QED) is 0.679. The molecule has 2 heterocycles. The lowest BCUT2D eigenvalue weighted by atomic mass is 10.0. The maximum atomic E-state index is 12.3. The van der Waals surface area contributed by atoms with Crippen LogP contribution in [0.3, 0.4) is 0 Å². The highest BCUT2D eigenvalue weighted by Gasteiger charge is 2.27. The van der Waals surface area contributed by atoms with Crippen LogP contribution >= 0.6 is 0 Å². The Morgan fingerprint density at radius 3 is 2.80 bits per heavy atom. The molecule has 2 aromatic heterocycles. The van der Waals surface area contributed by atoms with Crippen molar-refractivity contribution in [3.05, 3.63) is 59.7 Å². The summed E-state index contributed by atoms with van der Waals surface area (Å²) in [4.78, 5) is 16.6. The number of pyridine rings is 1. The number of aliphatic hydroxyl groups is 1. The van der Waals surface area contributed by atoms with Gasteiger partial charge in [0.15, 0.2) is 0 Å². The molecule has 25 heavy (non-hydrogen) atoms. The molecule has 0 aliphatic heterocycles. The molecule has 0 radical (unpaired) electrons. The van der Waals surface area contributed by atoms with Gasteiger partial charge in [0.05, 0.1) is 17.7 Å². The third-order valence-corrected chi connectivity index (χ3v) is 3.96. The third kappa shape index (κ3) is 3.80. The lowest BCUT2D eigenvalue weighted by molar-refractivity contribution is 0.0364. The second-order valence-electron chi connectivity index (χ2n) is 6.38. The number of anilines is 1. The van der Waals surface area contributed by atoms with E-state index in [9.17, 15) is 9.90 Å². The number of aryl methyl sites for hydroxylation is 2. The zero-order valence-electron chi connectivity index (χ0n) is 14.5. The second-order valence-corrected chi connectivity index (χ2v) is 6.38. The first-order chi connectivity index (χ1) is 11.8. The van der Waals surface area contributed by atoms with Gasteiger partial charge in [-0.1, -0.05) is 6.07 Å². The Kier molecular flexibility index (Phi) is 4.46. The molecule has 2 amide bonds. The number of benzene rings is 1. The van der Waals surface area contributed by atoms with Crippen LogP contribution in [0.25, 0.3) is 10.9 Å². The Morgan fingerprint density at radius 1 is 1.28 bits per heavy atom. The molecule has 0 saturated carbocycles. The largest absolute Gasteiger partial charge is 0.463 e. The zero-order valence-corrected chi connectivity index (χ0v) is 14.5. The number of furan rings is 1. The van der Waals surface area contributed by atoms with E-state index in [0.29, 0.717) is 17.2 Å². The van der Waals surface area contributed by atoms with Gasteiger partial charge in [-0.25, -0.2) is 4.79 Å². The number of nitrogens with zero attached hydrogens (tertiary/aromatic N) is 1. The molecule has 0 spiro atoms. The smallest absolute Gasteiger partial charge is 0.319 e. The molecule has 130 valence electrons. The molecule has 3 rings (SSSR count). The SMILES string of the molecule is Cc1cc(NC(=O)NCC(C)(O)c2ccc(C)o2)c2ncccc2c1. The van der Waals surface area contributed by atoms with E-state index in [1.165, 1.54) is 0 Å². The molecule has 0 fully saturated rings. The molecule has 6 nitrogen and oxygen atoms in total. The standard InChI is InChI=1S/C19H21N3O3/c1-12-9-14-5-4-8-20-17(14)15(10-12)22-18(23)21-11-19(3,24)16-7-6-13(2)25-16/h4-10,24H,11H2,1-3H3,(H2,21,22,23). The summed E-state index contributed by atoms with van der Waals surface area (Å²) in [6.45, 7) is 5.37. The highest BCUT2D eigenvalue weighted by Crippen LogP contribution is 2.24. The van der Waals surface area contributed by atoms with Crippen molar-refractivity contribution in [1.82, 2.24) is 10.3 Å². The predicted octanol–water partition coefficient (Wildman–Crippen LogP) is 3.47. The van der Waals surface area contributed by atoms with Crippen molar-refractivity contribution >= 4 is 22.6 Å². The molecule has 0 saturated heterocycles. The van der Waals surface area contributed by atoms with Gasteiger partial charge in [0.25, 0.3) is 0 Å². The Balaban J connectivity index is 1.71. The van der Waals surface area contributed by atoms with Crippen molar-refractivity contribution in [2.75, 3.05) is 11.9 Å². The summed E-state index contributed by atoms with van der Waals surface area (Å²) in [5.41, 5.74) is 1.07. The molecule has 1 aromatic carbocycles. The zero-order chi connectivity index (χ0) is 18.0. The Hall–Kier alpha value is -2.86. The molecule has 0 aliphatic rings. The molecule has 0 bridgehead atoms. The van der Waals surface area contributed by atoms with Crippen LogP contribution < -0.4 is 10.6 Å². The predicted molar refractivity (Wildman–Crippen MR) is 96.5 cm³/mol. The van der Waals surface area contributed by atoms with E-state index in [-0.39, 0.29) is 6.54 Å². The van der Waals surface area contributed by atoms with Gasteiger partial charge in [0, 0.05) is 11.6 Å². The van der Waals surface area contributed by atoms with E-state index in [4.69, 9.17) is 4.42 Å². The van der Waals surface area contributed by atoms with E-state index in [1.54, 1.807) is 32.2 Å². The molecule has 3 aromatic rings. The van der Waals surface area contributed by atoms with Crippen LogP contribution in [0.4, 0.5) is 10.5 Å². The average Bonchev–Trinajstić information content (AvgIpc) is 3.00. The topological polar surface area (TPSA) is 87.4 Å². The van der Waals surface area contributed by atoms with Crippen LogP contribution in [-0.4, -0.2) is 22.7 Å². The van der Waals surface area contributed by atoms with E-state index < -0.39 is 11.6 Å². The summed E-state index contributed by atoms with van der Waals surface area (Å²) < 4.78 is 5.44. The summed E-state index contributed by atoms with van der Waals surface area (Å²) in [6.07, 6.45) is 1.69. The Morgan fingerprint density at radius 2 is 2.08 bits per heavy atom. The first-order valence-electron chi connectivity index (χ1n) is 8.05. The van der Waals surface area contributed by atoms with Crippen LogP contribution in [0.15, 0.2) is 47.0 Å². The van der Waals surface area contributed by atoms with Gasteiger partial charge in [-0.05, 0) is 56.7 Å². The number of hydrogen-bond acceptors (Lipinski definition) is 4. The fourth-order valence-electron chi connectivity index (χ4n) is 2.67. The molecular formula is C19H21N3O3. The van der Waals surface area contributed by atoms with E-state index in [1.807, 2.05) is 31.2 Å². The number of carbonyl (C=O) groups is 1. The number of aromatic nitrogens is 1. The number of carbonyl (C=O) groups excluding carboxylic acids is 1. The first kappa shape index (κ1) is 17.0. The normalized spacial score (nSPS) is 13.4. The minimum absolute atomic E-state index is 0.0168. The van der Waals surface area contributed by atoms with Crippen molar-refractivity contribution in [1.29, 1.82) is 0 Å². The van der Waals surface area contributed by atoms with E-state index in [0.717, 1.165) is 16.5 Å². The lowest BCUT2D eigenvalue weighted by Gasteiger charge is -2.21. The molecule has 0 aliphatic carbocycles. The van der Waals surface area contributed by atoms with Gasteiger partial charge >= 0.3 is 6.03 Å². The van der Waals surface area contributed by atoms with Crippen LogP contribution in [0, 0.1) is 13.8 Å². The number of urea groups is 1. The minimum atomic E-state index is -1.29. The fourth-order valence-corrected chi connectivity index (χ4v) is 2.67. The van der Waals surface area contributed by atoms with Gasteiger partial charge in [-0.3, -0.25) is 4.98 Å². The van der Waals surface area contributed by atoms with Gasteiger partial charge in [0.2, 0.25) is 0 Å². The molecular weight excluding hydrogens is 318 g/mol. The number of fused-ring (bicyclic) bond motifs is 1. The summed E-state index contributed by atoms with van der Waals surface area (Å²) in [5, 5.41) is 16.9. The van der Waals surface area contributed by atoms with Gasteiger partial charge in [0.1, 0.15) is 17.1 Å². The molecule has 1 atom stereocenters. The lowest BCUT2D eigenvalue weighted by Crippen LogP contribution is -2.40. The maximum Gasteiger partial charge on any atom is 0.319 e. The average molecular weight is 339 g/mol. The van der Waals surface area contributed by atoms with Crippen LogP contribution in [0.5, 0.6) is 0 Å². The number of nitrogens with one attached hydrogen (secondary N) is 2. The monoisotopic (exact) mass is 339 g/mol. The Bertz CT molecular complexity index is 915. The third-order valence-electron chi connectivity index (χ3n) is 3.96. The first-order valence-corrected chi connectivity index (χ1v) is 8.05. The highest BCUT2D eigenvalue weighted by molar-refractivity contribution is 5.99. The van der Waals surface area contributed by atoms with Crippen LogP contribution in [-0.2, 0) is 5.60 Å². The van der Waals surface area contributed by atoms with Crippen LogP contribution in [0.1, 0.15) is 24.0 Å².